The third-order valence-corrected chi connectivity index (χ3v) is 7.41. The zero-order valence-electron chi connectivity index (χ0n) is 22.8. The van der Waals surface area contributed by atoms with Crippen LogP contribution in [0.15, 0.2) is 65.1 Å². The maximum absolute atomic E-state index is 13.7. The van der Waals surface area contributed by atoms with Gasteiger partial charge < -0.3 is 20.0 Å². The smallest absolute Gasteiger partial charge is 0.251 e. The Labute approximate surface area is 232 Å². The number of fused-ring (bicyclic) bond motifs is 1. The standard InChI is InChI=1S/C32H32FN3O4/c1-4-27(37)29-24-17-23(20-8-7-9-21(16-20)31(38)35-25-14-15-34-32(25)39)26(36(5-2)6-3)18-28(24)40-30(29)19-10-12-22(33)13-11-19/h7-13,16-18,25H,4-6,14-15H2,1-3H3,(H,34,39)(H,35,38). The van der Waals surface area contributed by atoms with Crippen LogP contribution in [-0.2, 0) is 4.79 Å². The highest BCUT2D eigenvalue weighted by atomic mass is 19.1. The Morgan fingerprint density at radius 3 is 2.42 bits per heavy atom. The van der Waals surface area contributed by atoms with E-state index in [1.54, 1.807) is 31.2 Å². The van der Waals surface area contributed by atoms with Crippen molar-refractivity contribution < 1.29 is 23.2 Å². The molecule has 5 rings (SSSR count). The summed E-state index contributed by atoms with van der Waals surface area (Å²) >= 11 is 0. The summed E-state index contributed by atoms with van der Waals surface area (Å²) in [5, 5.41) is 6.22. The van der Waals surface area contributed by atoms with Gasteiger partial charge in [0.1, 0.15) is 23.2 Å². The monoisotopic (exact) mass is 541 g/mol. The lowest BCUT2D eigenvalue weighted by molar-refractivity contribution is -0.120. The van der Waals surface area contributed by atoms with Gasteiger partial charge in [0.05, 0.1) is 5.56 Å². The molecule has 1 saturated heterocycles. The molecule has 206 valence electrons. The molecule has 4 aromatic rings. The third-order valence-electron chi connectivity index (χ3n) is 7.41. The number of halogens is 1. The molecule has 2 N–H and O–H groups in total. The zero-order chi connectivity index (χ0) is 28.4. The molecule has 0 spiro atoms. The van der Waals surface area contributed by atoms with Gasteiger partial charge in [0.15, 0.2) is 5.78 Å². The maximum atomic E-state index is 13.7. The summed E-state index contributed by atoms with van der Waals surface area (Å²) < 4.78 is 20.0. The second-order valence-electron chi connectivity index (χ2n) is 9.81. The van der Waals surface area contributed by atoms with E-state index in [4.69, 9.17) is 4.42 Å². The van der Waals surface area contributed by atoms with Gasteiger partial charge in [0, 0.05) is 59.9 Å². The Morgan fingerprint density at radius 1 is 1.02 bits per heavy atom. The Morgan fingerprint density at radius 2 is 1.77 bits per heavy atom. The number of benzene rings is 3. The fraction of sp³-hybridized carbons (Fsp3) is 0.281. The Kier molecular flexibility index (Phi) is 7.69. The van der Waals surface area contributed by atoms with Crippen LogP contribution < -0.4 is 15.5 Å². The molecule has 1 fully saturated rings. The van der Waals surface area contributed by atoms with Crippen molar-refractivity contribution in [3.05, 3.63) is 77.6 Å². The number of carbonyl (C=O) groups is 3. The fourth-order valence-electron chi connectivity index (χ4n) is 5.25. The second kappa shape index (κ2) is 11.3. The molecule has 0 aliphatic carbocycles. The normalized spacial score (nSPS) is 14.8. The average Bonchev–Trinajstić information content (AvgIpc) is 3.55. The molecule has 8 heteroatoms. The van der Waals surface area contributed by atoms with Crippen LogP contribution in [0.4, 0.5) is 10.1 Å². The van der Waals surface area contributed by atoms with E-state index in [2.05, 4.69) is 29.4 Å². The number of rotatable bonds is 9. The summed E-state index contributed by atoms with van der Waals surface area (Å²) in [6.07, 6.45) is 0.832. The number of furan rings is 1. The largest absolute Gasteiger partial charge is 0.455 e. The van der Waals surface area contributed by atoms with Crippen LogP contribution in [0.2, 0.25) is 0 Å². The lowest BCUT2D eigenvalue weighted by Gasteiger charge is -2.24. The molecule has 40 heavy (non-hydrogen) atoms. The molecule has 1 aliphatic heterocycles. The van der Waals surface area contributed by atoms with Gasteiger partial charge in [-0.05, 0) is 68.3 Å². The van der Waals surface area contributed by atoms with E-state index >= 15 is 0 Å². The van der Waals surface area contributed by atoms with Crippen molar-refractivity contribution in [2.45, 2.75) is 39.7 Å². The first-order valence-electron chi connectivity index (χ1n) is 13.7. The van der Waals surface area contributed by atoms with Crippen molar-refractivity contribution in [3.63, 3.8) is 0 Å². The summed E-state index contributed by atoms with van der Waals surface area (Å²) in [6, 6.07) is 16.5. The quantitative estimate of drug-likeness (QED) is 0.255. The molecular weight excluding hydrogens is 509 g/mol. The van der Waals surface area contributed by atoms with Crippen LogP contribution in [0, 0.1) is 5.82 Å². The van der Waals surface area contributed by atoms with Crippen molar-refractivity contribution in [2.75, 3.05) is 24.5 Å². The van der Waals surface area contributed by atoms with Crippen LogP contribution in [0.3, 0.4) is 0 Å². The molecule has 1 unspecified atom stereocenters. The van der Waals surface area contributed by atoms with Crippen LogP contribution >= 0.6 is 0 Å². The molecule has 1 aliphatic rings. The van der Waals surface area contributed by atoms with Gasteiger partial charge in [-0.15, -0.1) is 0 Å². The van der Waals surface area contributed by atoms with Crippen molar-refractivity contribution in [3.8, 4) is 22.5 Å². The van der Waals surface area contributed by atoms with E-state index in [0.717, 1.165) is 29.9 Å². The third kappa shape index (κ3) is 5.09. The van der Waals surface area contributed by atoms with E-state index in [0.29, 0.717) is 46.4 Å². The minimum absolute atomic E-state index is 0.0809. The molecule has 2 heterocycles. The number of hydrogen-bond donors (Lipinski definition) is 2. The summed E-state index contributed by atoms with van der Waals surface area (Å²) in [5.41, 5.74) is 4.62. The van der Waals surface area contributed by atoms with Gasteiger partial charge in [-0.2, -0.15) is 0 Å². The van der Waals surface area contributed by atoms with E-state index < -0.39 is 6.04 Å². The Bertz CT molecular complexity index is 1590. The van der Waals surface area contributed by atoms with Crippen molar-refractivity contribution >= 4 is 34.3 Å². The van der Waals surface area contributed by atoms with E-state index in [1.165, 1.54) is 12.1 Å². The highest BCUT2D eigenvalue weighted by Gasteiger charge is 2.27. The highest BCUT2D eigenvalue weighted by Crippen LogP contribution is 2.41. The number of hydrogen-bond acceptors (Lipinski definition) is 5. The second-order valence-corrected chi connectivity index (χ2v) is 9.81. The fourth-order valence-corrected chi connectivity index (χ4v) is 5.25. The first-order valence-corrected chi connectivity index (χ1v) is 13.7. The minimum atomic E-state index is -0.544. The van der Waals surface area contributed by atoms with Crippen LogP contribution in [0.25, 0.3) is 33.4 Å². The first kappa shape index (κ1) is 27.1. The van der Waals surface area contributed by atoms with Gasteiger partial charge in [0.25, 0.3) is 5.91 Å². The average molecular weight is 542 g/mol. The Balaban J connectivity index is 1.67. The van der Waals surface area contributed by atoms with Crippen LogP contribution in [0.1, 0.15) is 54.3 Å². The van der Waals surface area contributed by atoms with Gasteiger partial charge in [0.2, 0.25) is 5.91 Å². The molecule has 0 saturated carbocycles. The van der Waals surface area contributed by atoms with Gasteiger partial charge in [-0.25, -0.2) is 4.39 Å². The number of nitrogens with one attached hydrogen (secondary N) is 2. The van der Waals surface area contributed by atoms with Gasteiger partial charge >= 0.3 is 0 Å². The van der Waals surface area contributed by atoms with E-state index in [1.807, 2.05) is 24.3 Å². The summed E-state index contributed by atoms with van der Waals surface area (Å²) in [5.74, 6) is -0.538. The molecule has 3 aromatic carbocycles. The zero-order valence-corrected chi connectivity index (χ0v) is 22.8. The summed E-state index contributed by atoms with van der Waals surface area (Å²) in [4.78, 5) is 40.5. The summed E-state index contributed by atoms with van der Waals surface area (Å²) in [7, 11) is 0. The minimum Gasteiger partial charge on any atom is -0.455 e. The van der Waals surface area contributed by atoms with Gasteiger partial charge in [-0.3, -0.25) is 14.4 Å². The van der Waals surface area contributed by atoms with Crippen molar-refractivity contribution in [1.82, 2.24) is 10.6 Å². The predicted octanol–water partition coefficient (Wildman–Crippen LogP) is 5.96. The molecule has 2 amide bonds. The lowest BCUT2D eigenvalue weighted by Crippen LogP contribution is -2.40. The van der Waals surface area contributed by atoms with Gasteiger partial charge in [-0.1, -0.05) is 19.1 Å². The number of nitrogens with zero attached hydrogens (tertiary/aromatic N) is 1. The topological polar surface area (TPSA) is 91.7 Å². The molecular formula is C32H32FN3O4. The number of amides is 2. The SMILES string of the molecule is CCC(=O)c1c(-c2ccc(F)cc2)oc2cc(N(CC)CC)c(-c3cccc(C(=O)NC4CCNC4=O)c3)cc12. The first-order chi connectivity index (χ1) is 19.3. The number of carbonyl (C=O) groups excluding carboxylic acids is 3. The van der Waals surface area contributed by atoms with Crippen molar-refractivity contribution in [1.29, 1.82) is 0 Å². The highest BCUT2D eigenvalue weighted by molar-refractivity contribution is 6.13. The molecule has 0 radical (unpaired) electrons. The number of ketones is 1. The molecule has 1 atom stereocenters. The van der Waals surface area contributed by atoms with Crippen LogP contribution in [0.5, 0.6) is 0 Å². The predicted molar refractivity (Wildman–Crippen MR) is 154 cm³/mol. The number of anilines is 1. The molecule has 1 aromatic heterocycles. The van der Waals surface area contributed by atoms with E-state index in [-0.39, 0.29) is 29.8 Å². The van der Waals surface area contributed by atoms with Crippen LogP contribution in [-0.4, -0.2) is 43.3 Å². The molecule has 7 nitrogen and oxygen atoms in total. The lowest BCUT2D eigenvalue weighted by atomic mass is 9.95. The van der Waals surface area contributed by atoms with Crippen molar-refractivity contribution in [2.24, 2.45) is 0 Å². The summed E-state index contributed by atoms with van der Waals surface area (Å²) in [6.45, 7) is 7.93. The number of Topliss-reactive ketones (excluding diaryl/α,β-unsaturated/α-hetero) is 1. The molecule has 0 bridgehead atoms. The van der Waals surface area contributed by atoms with E-state index in [9.17, 15) is 18.8 Å². The Hall–Kier alpha value is -4.46. The maximum Gasteiger partial charge on any atom is 0.251 e.